The highest BCUT2D eigenvalue weighted by atomic mass is 16.6. The zero-order chi connectivity index (χ0) is 14.7. The highest BCUT2D eigenvalue weighted by Crippen LogP contribution is 2.22. The van der Waals surface area contributed by atoms with Crippen molar-refractivity contribution in [2.75, 3.05) is 7.05 Å². The Kier molecular flexibility index (Phi) is 4.04. The monoisotopic (exact) mass is 276 g/mol. The van der Waals surface area contributed by atoms with Gasteiger partial charge in [0, 0.05) is 11.6 Å². The van der Waals surface area contributed by atoms with Gasteiger partial charge in [0.05, 0.1) is 17.5 Å². The lowest BCUT2D eigenvalue weighted by molar-refractivity contribution is -0.385. The third kappa shape index (κ3) is 2.64. The Morgan fingerprint density at radius 1 is 1.50 bits per heavy atom. The molecule has 1 atom stereocenters. The van der Waals surface area contributed by atoms with Gasteiger partial charge in [-0.15, -0.1) is 5.10 Å². The van der Waals surface area contributed by atoms with Crippen LogP contribution >= 0.6 is 0 Å². The van der Waals surface area contributed by atoms with E-state index in [0.29, 0.717) is 17.9 Å². The Balaban J connectivity index is 2.34. The molecule has 0 aliphatic rings. The molecule has 1 aromatic heterocycles. The fourth-order valence-corrected chi connectivity index (χ4v) is 1.96. The Hall–Kier alpha value is -2.35. The number of hydrogen-bond donors (Lipinski definition) is 1. The summed E-state index contributed by atoms with van der Waals surface area (Å²) in [4.78, 5) is 10.6. The van der Waals surface area contributed by atoms with Crippen molar-refractivity contribution < 1.29 is 4.92 Å². The summed E-state index contributed by atoms with van der Waals surface area (Å²) in [5, 5.41) is 25.6. The molecule has 0 bridgehead atoms. The number of nitro benzene ring substituents is 1. The Morgan fingerprint density at radius 2 is 2.25 bits per heavy atom. The highest BCUT2D eigenvalue weighted by molar-refractivity contribution is 5.44. The third-order valence-electron chi connectivity index (χ3n) is 3.31. The molecular weight excluding hydrogens is 260 g/mol. The summed E-state index contributed by atoms with van der Waals surface area (Å²) in [6.07, 6.45) is 0. The van der Waals surface area contributed by atoms with Crippen molar-refractivity contribution in [3.63, 3.8) is 0 Å². The average molecular weight is 276 g/mol. The molecule has 8 nitrogen and oxygen atoms in total. The average Bonchev–Trinajstić information content (AvgIpc) is 2.88. The lowest BCUT2D eigenvalue weighted by atomic mass is 10.1. The second-order valence-corrected chi connectivity index (χ2v) is 4.52. The van der Waals surface area contributed by atoms with Crippen molar-refractivity contribution in [1.82, 2.24) is 25.5 Å². The van der Waals surface area contributed by atoms with E-state index in [9.17, 15) is 10.1 Å². The maximum atomic E-state index is 10.9. The quantitative estimate of drug-likeness (QED) is 0.651. The molecule has 8 heteroatoms. The second-order valence-electron chi connectivity index (χ2n) is 4.52. The van der Waals surface area contributed by atoms with Crippen molar-refractivity contribution in [3.8, 4) is 0 Å². The molecule has 2 aromatic rings. The highest BCUT2D eigenvalue weighted by Gasteiger charge is 2.17. The maximum Gasteiger partial charge on any atom is 0.272 e. The van der Waals surface area contributed by atoms with Gasteiger partial charge in [0.25, 0.3) is 5.69 Å². The first-order chi connectivity index (χ1) is 9.54. The Labute approximate surface area is 115 Å². The fourth-order valence-electron chi connectivity index (χ4n) is 1.96. The minimum Gasteiger partial charge on any atom is -0.311 e. The summed E-state index contributed by atoms with van der Waals surface area (Å²) < 4.78 is 1.65. The normalized spacial score (nSPS) is 12.3. The van der Waals surface area contributed by atoms with Gasteiger partial charge >= 0.3 is 0 Å². The number of benzene rings is 1. The van der Waals surface area contributed by atoms with Gasteiger partial charge in [-0.1, -0.05) is 12.1 Å². The Bertz CT molecular complexity index is 624. The zero-order valence-corrected chi connectivity index (χ0v) is 11.6. The van der Waals surface area contributed by atoms with E-state index in [1.807, 2.05) is 20.0 Å². The first kappa shape index (κ1) is 14.1. The van der Waals surface area contributed by atoms with Crippen molar-refractivity contribution in [1.29, 1.82) is 0 Å². The smallest absolute Gasteiger partial charge is 0.272 e. The number of nitrogens with one attached hydrogen (secondary N) is 1. The molecule has 0 fully saturated rings. The van der Waals surface area contributed by atoms with E-state index in [2.05, 4.69) is 20.8 Å². The molecule has 1 unspecified atom stereocenters. The SMILES string of the molecule is CNC(C)c1nnnn1Cc1cccc([N+](=O)[O-])c1C. The predicted molar refractivity (Wildman–Crippen MR) is 72.2 cm³/mol. The van der Waals surface area contributed by atoms with Crippen LogP contribution < -0.4 is 5.32 Å². The van der Waals surface area contributed by atoms with Crippen LogP contribution in [-0.2, 0) is 6.54 Å². The Morgan fingerprint density at radius 3 is 2.90 bits per heavy atom. The van der Waals surface area contributed by atoms with Gasteiger partial charge in [-0.05, 0) is 36.9 Å². The number of nitro groups is 1. The van der Waals surface area contributed by atoms with E-state index < -0.39 is 0 Å². The minimum atomic E-state index is -0.379. The van der Waals surface area contributed by atoms with Crippen molar-refractivity contribution in [2.45, 2.75) is 26.4 Å². The van der Waals surface area contributed by atoms with Gasteiger partial charge in [-0.2, -0.15) is 0 Å². The number of hydrogen-bond acceptors (Lipinski definition) is 6. The number of tetrazole rings is 1. The maximum absolute atomic E-state index is 10.9. The van der Waals surface area contributed by atoms with Gasteiger partial charge < -0.3 is 5.32 Å². The molecule has 1 N–H and O–H groups in total. The van der Waals surface area contributed by atoms with Crippen LogP contribution in [0.4, 0.5) is 5.69 Å². The van der Waals surface area contributed by atoms with Crippen molar-refractivity contribution in [2.24, 2.45) is 0 Å². The molecule has 0 spiro atoms. The van der Waals surface area contributed by atoms with E-state index in [1.54, 1.807) is 17.7 Å². The lowest BCUT2D eigenvalue weighted by Crippen LogP contribution is -2.19. The van der Waals surface area contributed by atoms with Crippen LogP contribution in [0.25, 0.3) is 0 Å². The molecule has 0 saturated carbocycles. The molecule has 0 aliphatic heterocycles. The lowest BCUT2D eigenvalue weighted by Gasteiger charge is -2.11. The zero-order valence-electron chi connectivity index (χ0n) is 11.6. The van der Waals surface area contributed by atoms with Crippen LogP contribution in [0, 0.1) is 17.0 Å². The molecule has 1 heterocycles. The molecule has 20 heavy (non-hydrogen) atoms. The molecule has 2 rings (SSSR count). The molecule has 0 aliphatic carbocycles. The summed E-state index contributed by atoms with van der Waals surface area (Å²) in [6, 6.07) is 5.02. The second kappa shape index (κ2) is 5.74. The molecule has 1 aromatic carbocycles. The van der Waals surface area contributed by atoms with Crippen molar-refractivity contribution >= 4 is 5.69 Å². The standard InChI is InChI=1S/C12H16N6O2/c1-8-10(5-4-6-11(8)18(19)20)7-17-12(9(2)13-3)14-15-16-17/h4-6,9,13H,7H2,1-3H3. The minimum absolute atomic E-state index is 0.00371. The van der Waals surface area contributed by atoms with Crippen LogP contribution in [0.15, 0.2) is 18.2 Å². The number of nitrogens with zero attached hydrogens (tertiary/aromatic N) is 5. The van der Waals surface area contributed by atoms with E-state index >= 15 is 0 Å². The van der Waals surface area contributed by atoms with Crippen LogP contribution in [-0.4, -0.2) is 32.2 Å². The van der Waals surface area contributed by atoms with Gasteiger partial charge in [0.2, 0.25) is 0 Å². The van der Waals surface area contributed by atoms with Gasteiger partial charge in [0.15, 0.2) is 5.82 Å². The molecule has 0 saturated heterocycles. The van der Waals surface area contributed by atoms with Crippen molar-refractivity contribution in [3.05, 3.63) is 45.3 Å². The molecule has 0 radical (unpaired) electrons. The molecule has 0 amide bonds. The largest absolute Gasteiger partial charge is 0.311 e. The topological polar surface area (TPSA) is 98.8 Å². The summed E-state index contributed by atoms with van der Waals surface area (Å²) in [6.45, 7) is 4.09. The number of rotatable bonds is 5. The summed E-state index contributed by atoms with van der Waals surface area (Å²) >= 11 is 0. The van der Waals surface area contributed by atoms with Gasteiger partial charge in [-0.25, -0.2) is 4.68 Å². The number of aromatic nitrogens is 4. The van der Waals surface area contributed by atoms with E-state index in [-0.39, 0.29) is 16.7 Å². The summed E-state index contributed by atoms with van der Waals surface area (Å²) in [5.74, 6) is 0.693. The van der Waals surface area contributed by atoms with Gasteiger partial charge in [-0.3, -0.25) is 10.1 Å². The van der Waals surface area contributed by atoms with Crippen LogP contribution in [0.1, 0.15) is 29.9 Å². The fraction of sp³-hybridized carbons (Fsp3) is 0.417. The summed E-state index contributed by atoms with van der Waals surface area (Å²) in [5.41, 5.74) is 1.57. The van der Waals surface area contributed by atoms with Crippen LogP contribution in [0.2, 0.25) is 0 Å². The van der Waals surface area contributed by atoms with Crippen LogP contribution in [0.5, 0.6) is 0 Å². The first-order valence-electron chi connectivity index (χ1n) is 6.20. The summed E-state index contributed by atoms with van der Waals surface area (Å²) in [7, 11) is 1.82. The van der Waals surface area contributed by atoms with Crippen LogP contribution in [0.3, 0.4) is 0 Å². The van der Waals surface area contributed by atoms with E-state index in [0.717, 1.165) is 5.56 Å². The molecular formula is C12H16N6O2. The van der Waals surface area contributed by atoms with E-state index in [4.69, 9.17) is 0 Å². The first-order valence-corrected chi connectivity index (χ1v) is 6.20. The van der Waals surface area contributed by atoms with Gasteiger partial charge in [0.1, 0.15) is 0 Å². The third-order valence-corrected chi connectivity index (χ3v) is 3.31. The predicted octanol–water partition coefficient (Wildman–Crippen LogP) is 1.22. The molecule has 106 valence electrons. The van der Waals surface area contributed by atoms with E-state index in [1.165, 1.54) is 6.07 Å².